The standard InChI is InChI=1S/C15H12BrNO4/c16-12-8-10(15(19)20)6-7-13(12)21-9-14(18)17-11-4-2-1-3-5-11/h1-8H,9H2,(H,17,18)(H,19,20)/p-1. The molecule has 0 fully saturated rings. The second-order valence-corrected chi connectivity index (χ2v) is 4.99. The number of amides is 1. The molecule has 0 saturated carbocycles. The van der Waals surface area contributed by atoms with Gasteiger partial charge in [0.25, 0.3) is 5.91 Å². The maximum absolute atomic E-state index is 11.7. The van der Waals surface area contributed by atoms with Crippen LogP contribution in [-0.4, -0.2) is 18.5 Å². The number of carbonyl (C=O) groups excluding carboxylic acids is 2. The van der Waals surface area contributed by atoms with Crippen LogP contribution >= 0.6 is 15.9 Å². The molecule has 6 heteroatoms. The quantitative estimate of drug-likeness (QED) is 0.893. The monoisotopic (exact) mass is 348 g/mol. The van der Waals surface area contributed by atoms with Crippen LogP contribution in [0.5, 0.6) is 5.75 Å². The first-order valence-corrected chi connectivity index (χ1v) is 6.84. The van der Waals surface area contributed by atoms with Crippen molar-refractivity contribution in [1.29, 1.82) is 0 Å². The first-order chi connectivity index (χ1) is 10.1. The number of hydrogen-bond acceptors (Lipinski definition) is 4. The maximum Gasteiger partial charge on any atom is 0.262 e. The molecule has 2 rings (SSSR count). The Morgan fingerprint density at radius 3 is 2.48 bits per heavy atom. The van der Waals surface area contributed by atoms with Gasteiger partial charge >= 0.3 is 0 Å². The Bertz CT molecular complexity index is 658. The number of para-hydroxylation sites is 1. The number of rotatable bonds is 5. The Balaban J connectivity index is 1.94. The van der Waals surface area contributed by atoms with Crippen molar-refractivity contribution in [2.24, 2.45) is 0 Å². The van der Waals surface area contributed by atoms with Gasteiger partial charge in [-0.15, -0.1) is 0 Å². The van der Waals surface area contributed by atoms with Gasteiger partial charge in [0.05, 0.1) is 10.4 Å². The molecule has 0 spiro atoms. The van der Waals surface area contributed by atoms with Gasteiger partial charge in [-0.3, -0.25) is 4.79 Å². The minimum atomic E-state index is -1.27. The summed E-state index contributed by atoms with van der Waals surface area (Å²) in [7, 11) is 0. The second kappa shape index (κ2) is 6.90. The lowest BCUT2D eigenvalue weighted by Gasteiger charge is -2.10. The molecule has 21 heavy (non-hydrogen) atoms. The number of halogens is 1. The predicted molar refractivity (Wildman–Crippen MR) is 79.0 cm³/mol. The van der Waals surface area contributed by atoms with Crippen LogP contribution in [0.4, 0.5) is 5.69 Å². The van der Waals surface area contributed by atoms with Crippen LogP contribution in [0.2, 0.25) is 0 Å². The van der Waals surface area contributed by atoms with Crippen LogP contribution in [0.15, 0.2) is 53.0 Å². The third-order valence-electron chi connectivity index (χ3n) is 2.58. The lowest BCUT2D eigenvalue weighted by atomic mass is 10.2. The summed E-state index contributed by atoms with van der Waals surface area (Å²) in [6.45, 7) is -0.182. The number of carboxylic acid groups (broad SMARTS) is 1. The third kappa shape index (κ3) is 4.32. The van der Waals surface area contributed by atoms with E-state index in [-0.39, 0.29) is 18.1 Å². The van der Waals surface area contributed by atoms with E-state index in [1.165, 1.54) is 18.2 Å². The van der Waals surface area contributed by atoms with Gasteiger partial charge < -0.3 is 20.0 Å². The SMILES string of the molecule is O=C(COc1ccc(C(=O)[O-])cc1Br)Nc1ccccc1. The zero-order valence-electron chi connectivity index (χ0n) is 10.8. The molecular weight excluding hydrogens is 338 g/mol. The molecule has 0 aliphatic carbocycles. The summed E-state index contributed by atoms with van der Waals surface area (Å²) >= 11 is 3.18. The zero-order valence-corrected chi connectivity index (χ0v) is 12.4. The fourth-order valence-electron chi connectivity index (χ4n) is 1.61. The average molecular weight is 349 g/mol. The Kier molecular flexibility index (Phi) is 4.94. The number of anilines is 1. The summed E-state index contributed by atoms with van der Waals surface area (Å²) in [6, 6.07) is 13.2. The normalized spacial score (nSPS) is 9.95. The molecule has 2 aromatic carbocycles. The summed E-state index contributed by atoms with van der Waals surface area (Å²) < 4.78 is 5.77. The van der Waals surface area contributed by atoms with Crippen LogP contribution in [0.25, 0.3) is 0 Å². The molecule has 0 saturated heterocycles. The van der Waals surface area contributed by atoms with Crippen molar-refractivity contribution < 1.29 is 19.4 Å². The lowest BCUT2D eigenvalue weighted by molar-refractivity contribution is -0.255. The van der Waals surface area contributed by atoms with Gasteiger partial charge in [0.2, 0.25) is 0 Å². The van der Waals surface area contributed by atoms with Gasteiger partial charge in [-0.25, -0.2) is 0 Å². The molecule has 0 aliphatic rings. The van der Waals surface area contributed by atoms with Gasteiger partial charge in [-0.2, -0.15) is 0 Å². The number of nitrogens with one attached hydrogen (secondary N) is 1. The molecule has 1 amide bonds. The summed E-state index contributed by atoms with van der Waals surface area (Å²) in [5.74, 6) is -1.20. The average Bonchev–Trinajstić information content (AvgIpc) is 2.47. The van der Waals surface area contributed by atoms with Gasteiger partial charge in [-0.05, 0) is 51.8 Å². The zero-order chi connectivity index (χ0) is 15.2. The van der Waals surface area contributed by atoms with E-state index in [0.29, 0.717) is 15.9 Å². The minimum Gasteiger partial charge on any atom is -0.545 e. The van der Waals surface area contributed by atoms with Crippen molar-refractivity contribution in [2.45, 2.75) is 0 Å². The number of aromatic carboxylic acids is 1. The minimum absolute atomic E-state index is 0.0305. The smallest absolute Gasteiger partial charge is 0.262 e. The highest BCUT2D eigenvalue weighted by Gasteiger charge is 2.07. The topological polar surface area (TPSA) is 78.5 Å². The van der Waals surface area contributed by atoms with Crippen LogP contribution in [0.1, 0.15) is 10.4 Å². The Morgan fingerprint density at radius 2 is 1.86 bits per heavy atom. The van der Waals surface area contributed by atoms with Crippen molar-refractivity contribution in [3.05, 3.63) is 58.6 Å². The van der Waals surface area contributed by atoms with E-state index in [9.17, 15) is 14.7 Å². The van der Waals surface area contributed by atoms with E-state index < -0.39 is 5.97 Å². The highest BCUT2D eigenvalue weighted by molar-refractivity contribution is 9.10. The third-order valence-corrected chi connectivity index (χ3v) is 3.20. The van der Waals surface area contributed by atoms with E-state index >= 15 is 0 Å². The summed E-state index contributed by atoms with van der Waals surface area (Å²) in [5, 5.41) is 13.4. The van der Waals surface area contributed by atoms with E-state index in [2.05, 4.69) is 21.2 Å². The first-order valence-electron chi connectivity index (χ1n) is 6.05. The van der Waals surface area contributed by atoms with Gasteiger partial charge in [0, 0.05) is 5.69 Å². The van der Waals surface area contributed by atoms with E-state index in [4.69, 9.17) is 4.74 Å². The van der Waals surface area contributed by atoms with E-state index in [1.54, 1.807) is 12.1 Å². The van der Waals surface area contributed by atoms with Crippen LogP contribution in [0.3, 0.4) is 0 Å². The fraction of sp³-hybridized carbons (Fsp3) is 0.0667. The Morgan fingerprint density at radius 1 is 1.14 bits per heavy atom. The molecule has 0 atom stereocenters. The Labute approximate surface area is 129 Å². The molecule has 5 nitrogen and oxygen atoms in total. The summed E-state index contributed by atoms with van der Waals surface area (Å²) in [5.41, 5.74) is 0.709. The van der Waals surface area contributed by atoms with Gasteiger partial charge in [-0.1, -0.05) is 18.2 Å². The highest BCUT2D eigenvalue weighted by Crippen LogP contribution is 2.25. The predicted octanol–water partition coefficient (Wildman–Crippen LogP) is 1.83. The number of hydrogen-bond donors (Lipinski definition) is 1. The van der Waals surface area contributed by atoms with Crippen LogP contribution < -0.4 is 15.2 Å². The lowest BCUT2D eigenvalue weighted by Crippen LogP contribution is -2.22. The molecule has 0 radical (unpaired) electrons. The van der Waals surface area contributed by atoms with Crippen LogP contribution in [0, 0.1) is 0 Å². The number of benzene rings is 2. The fourth-order valence-corrected chi connectivity index (χ4v) is 2.10. The van der Waals surface area contributed by atoms with Crippen molar-refractivity contribution in [1.82, 2.24) is 0 Å². The van der Waals surface area contributed by atoms with Gasteiger partial charge in [0.1, 0.15) is 5.75 Å². The molecule has 1 N–H and O–H groups in total. The second-order valence-electron chi connectivity index (χ2n) is 4.14. The molecular formula is C15H11BrNO4-. The largest absolute Gasteiger partial charge is 0.545 e. The molecule has 0 aromatic heterocycles. The van der Waals surface area contributed by atoms with Crippen LogP contribution in [-0.2, 0) is 4.79 Å². The van der Waals surface area contributed by atoms with E-state index in [0.717, 1.165) is 0 Å². The summed E-state index contributed by atoms with van der Waals surface area (Å²) in [6.07, 6.45) is 0. The van der Waals surface area contributed by atoms with Crippen molar-refractivity contribution in [2.75, 3.05) is 11.9 Å². The maximum atomic E-state index is 11.7. The van der Waals surface area contributed by atoms with E-state index in [1.807, 2.05) is 18.2 Å². The number of carbonyl (C=O) groups is 2. The molecule has 0 aliphatic heterocycles. The molecule has 0 unspecified atom stereocenters. The van der Waals surface area contributed by atoms with Gasteiger partial charge in [0.15, 0.2) is 6.61 Å². The molecule has 2 aromatic rings. The summed E-state index contributed by atoms with van der Waals surface area (Å²) in [4.78, 5) is 22.4. The number of ether oxygens (including phenoxy) is 1. The molecule has 0 bridgehead atoms. The Hall–Kier alpha value is -2.34. The molecule has 0 heterocycles. The van der Waals surface area contributed by atoms with Crippen molar-refractivity contribution in [3.63, 3.8) is 0 Å². The van der Waals surface area contributed by atoms with Crippen molar-refractivity contribution in [3.8, 4) is 5.75 Å². The highest BCUT2D eigenvalue weighted by atomic mass is 79.9. The van der Waals surface area contributed by atoms with Crippen molar-refractivity contribution >= 4 is 33.5 Å². The number of carboxylic acids is 1. The molecule has 108 valence electrons. The first kappa shape index (κ1) is 15.1.